The van der Waals surface area contributed by atoms with E-state index in [4.69, 9.17) is 23.2 Å². The van der Waals surface area contributed by atoms with Gasteiger partial charge in [0, 0.05) is 9.92 Å². The Morgan fingerprint density at radius 3 is 2.30 bits per heavy atom. The summed E-state index contributed by atoms with van der Waals surface area (Å²) < 4.78 is 0. The summed E-state index contributed by atoms with van der Waals surface area (Å²) in [5.41, 5.74) is 0. The van der Waals surface area contributed by atoms with Gasteiger partial charge in [-0.15, -0.1) is 12.6 Å². The van der Waals surface area contributed by atoms with E-state index in [1.807, 2.05) is 0 Å². The molecule has 0 saturated carbocycles. The molecule has 0 unspecified atom stereocenters. The first kappa shape index (κ1) is 11.2. The first-order valence-electron chi connectivity index (χ1n) is 2.34. The average molecular weight is 203 g/mol. The molecule has 0 N–H and O–H groups in total. The minimum atomic E-state index is 0. The van der Waals surface area contributed by atoms with Gasteiger partial charge < -0.3 is 1.43 Å². The van der Waals surface area contributed by atoms with Gasteiger partial charge in [-0.1, -0.05) is 23.2 Å². The van der Waals surface area contributed by atoms with Gasteiger partial charge in [0.1, 0.15) is 0 Å². The van der Waals surface area contributed by atoms with Crippen LogP contribution in [0.4, 0.5) is 0 Å². The van der Waals surface area contributed by atoms with E-state index < -0.39 is 0 Å². The van der Waals surface area contributed by atoms with Gasteiger partial charge in [-0.3, -0.25) is 0 Å². The molecule has 10 heavy (non-hydrogen) atoms. The van der Waals surface area contributed by atoms with E-state index in [9.17, 15) is 0 Å². The molecule has 1 aromatic rings. The molecule has 0 amide bonds. The van der Waals surface area contributed by atoms with E-state index in [-0.39, 0.29) is 31.0 Å². The van der Waals surface area contributed by atoms with Crippen LogP contribution in [-0.4, -0.2) is 0 Å². The van der Waals surface area contributed by atoms with Crippen LogP contribution in [0.2, 0.25) is 10.0 Å². The summed E-state index contributed by atoms with van der Waals surface area (Å²) in [6.45, 7) is 0. The Bertz CT molecular complexity index is 232. The van der Waals surface area contributed by atoms with Gasteiger partial charge in [0.05, 0.1) is 5.02 Å². The van der Waals surface area contributed by atoms with E-state index in [2.05, 4.69) is 12.6 Å². The predicted molar refractivity (Wildman–Crippen MR) is 44.8 cm³/mol. The van der Waals surface area contributed by atoms with Crippen LogP contribution in [-0.2, 0) is 0 Å². The summed E-state index contributed by atoms with van der Waals surface area (Å²) in [5.74, 6) is 0. The third-order valence-corrected chi connectivity index (χ3v) is 1.98. The van der Waals surface area contributed by atoms with Crippen LogP contribution in [0.3, 0.4) is 0 Å². The van der Waals surface area contributed by atoms with Gasteiger partial charge in [0.15, 0.2) is 0 Å². The predicted octanol–water partition coefficient (Wildman–Crippen LogP) is 0.399. The fourth-order valence-corrected chi connectivity index (χ4v) is 1.03. The molecule has 0 saturated heterocycles. The molecule has 0 aliphatic carbocycles. The maximum atomic E-state index is 5.65. The quantitative estimate of drug-likeness (QED) is 0.458. The van der Waals surface area contributed by atoms with Crippen molar-refractivity contribution in [2.24, 2.45) is 0 Å². The third-order valence-electron chi connectivity index (χ3n) is 0.910. The SMILES string of the molecule is Sc1ccc(Cl)cc1Cl.[H-].[Na+]. The molecule has 0 spiro atoms. The van der Waals surface area contributed by atoms with Gasteiger partial charge in [0.2, 0.25) is 0 Å². The Labute approximate surface area is 99.1 Å². The molecule has 50 valence electrons. The molecule has 0 aliphatic rings. The van der Waals surface area contributed by atoms with Crippen molar-refractivity contribution in [2.75, 3.05) is 0 Å². The Morgan fingerprint density at radius 2 is 1.90 bits per heavy atom. The van der Waals surface area contributed by atoms with E-state index in [1.165, 1.54) is 0 Å². The fourth-order valence-electron chi connectivity index (χ4n) is 0.481. The van der Waals surface area contributed by atoms with Crippen LogP contribution >= 0.6 is 35.8 Å². The topological polar surface area (TPSA) is 0 Å². The molecule has 0 aliphatic heterocycles. The van der Waals surface area contributed by atoms with Crippen LogP contribution in [0.5, 0.6) is 0 Å². The number of hydrogen-bond donors (Lipinski definition) is 1. The summed E-state index contributed by atoms with van der Waals surface area (Å²) >= 11 is 15.3. The zero-order valence-corrected chi connectivity index (χ0v) is 9.84. The Balaban J connectivity index is 0. The van der Waals surface area contributed by atoms with Crippen LogP contribution in [0, 0.1) is 0 Å². The van der Waals surface area contributed by atoms with Crippen LogP contribution in [0.25, 0.3) is 0 Å². The standard InChI is InChI=1S/C6H4Cl2S.Na.H/c7-4-1-2-6(9)5(8)3-4;;/h1-3,9H;;/q;+1;-1. The molecular formula is C6H5Cl2NaS. The molecule has 0 radical (unpaired) electrons. The number of thiol groups is 1. The fraction of sp³-hybridized carbons (Fsp3) is 0. The monoisotopic (exact) mass is 202 g/mol. The Hall–Kier alpha value is 1.15. The molecule has 1 aromatic carbocycles. The second kappa shape index (κ2) is 4.91. The van der Waals surface area contributed by atoms with Gasteiger partial charge in [-0.2, -0.15) is 0 Å². The van der Waals surface area contributed by atoms with Crippen molar-refractivity contribution in [2.45, 2.75) is 4.90 Å². The molecule has 0 heterocycles. The van der Waals surface area contributed by atoms with Gasteiger partial charge >= 0.3 is 29.6 Å². The van der Waals surface area contributed by atoms with Crippen molar-refractivity contribution in [1.29, 1.82) is 0 Å². The smallest absolute Gasteiger partial charge is 1.00 e. The average Bonchev–Trinajstić information content (AvgIpc) is 1.80. The number of halogens is 2. The Morgan fingerprint density at radius 1 is 1.30 bits per heavy atom. The first-order chi connectivity index (χ1) is 4.20. The summed E-state index contributed by atoms with van der Waals surface area (Å²) in [7, 11) is 0. The first-order valence-corrected chi connectivity index (χ1v) is 3.54. The van der Waals surface area contributed by atoms with Crippen molar-refractivity contribution in [1.82, 2.24) is 0 Å². The van der Waals surface area contributed by atoms with Crippen molar-refractivity contribution in [3.63, 3.8) is 0 Å². The Kier molecular flexibility index (Phi) is 5.48. The molecular weight excluding hydrogens is 198 g/mol. The van der Waals surface area contributed by atoms with E-state index in [0.29, 0.717) is 10.0 Å². The van der Waals surface area contributed by atoms with Crippen LogP contribution in [0.1, 0.15) is 1.43 Å². The number of benzene rings is 1. The molecule has 0 fully saturated rings. The van der Waals surface area contributed by atoms with Crippen LogP contribution in [0.15, 0.2) is 23.1 Å². The third kappa shape index (κ3) is 3.04. The van der Waals surface area contributed by atoms with Crippen molar-refractivity contribution in [3.8, 4) is 0 Å². The number of rotatable bonds is 0. The van der Waals surface area contributed by atoms with Crippen molar-refractivity contribution >= 4 is 35.8 Å². The van der Waals surface area contributed by atoms with E-state index >= 15 is 0 Å². The van der Waals surface area contributed by atoms with Crippen LogP contribution < -0.4 is 29.6 Å². The maximum absolute atomic E-state index is 5.65. The normalized spacial score (nSPS) is 8.70. The zero-order valence-electron chi connectivity index (χ0n) is 6.44. The molecule has 1 rings (SSSR count). The van der Waals surface area contributed by atoms with Gasteiger partial charge in [-0.05, 0) is 18.2 Å². The summed E-state index contributed by atoms with van der Waals surface area (Å²) in [6.07, 6.45) is 0. The van der Waals surface area contributed by atoms with E-state index in [0.717, 1.165) is 4.90 Å². The molecule has 0 aromatic heterocycles. The maximum Gasteiger partial charge on any atom is 1.00 e. The second-order valence-electron chi connectivity index (χ2n) is 1.60. The molecule has 0 bridgehead atoms. The van der Waals surface area contributed by atoms with Gasteiger partial charge in [0.25, 0.3) is 0 Å². The largest absolute Gasteiger partial charge is 1.00 e. The minimum absolute atomic E-state index is 0. The molecule has 0 atom stereocenters. The van der Waals surface area contributed by atoms with Gasteiger partial charge in [-0.25, -0.2) is 0 Å². The summed E-state index contributed by atoms with van der Waals surface area (Å²) in [6, 6.07) is 5.16. The van der Waals surface area contributed by atoms with Crippen molar-refractivity contribution < 1.29 is 31.0 Å². The zero-order chi connectivity index (χ0) is 6.85. The van der Waals surface area contributed by atoms with E-state index in [1.54, 1.807) is 18.2 Å². The number of hydrogen-bond acceptors (Lipinski definition) is 1. The minimum Gasteiger partial charge on any atom is -1.00 e. The molecule has 4 heteroatoms. The van der Waals surface area contributed by atoms with Crippen molar-refractivity contribution in [3.05, 3.63) is 28.2 Å². The summed E-state index contributed by atoms with van der Waals surface area (Å²) in [5, 5.41) is 1.23. The molecule has 0 nitrogen and oxygen atoms in total. The second-order valence-corrected chi connectivity index (χ2v) is 2.92. The summed E-state index contributed by atoms with van der Waals surface area (Å²) in [4.78, 5) is 0.751.